The van der Waals surface area contributed by atoms with E-state index in [1.807, 2.05) is 0 Å². The molecule has 0 spiro atoms. The van der Waals surface area contributed by atoms with Crippen molar-refractivity contribution in [2.24, 2.45) is 5.92 Å². The van der Waals surface area contributed by atoms with Gasteiger partial charge in [0.15, 0.2) is 0 Å². The van der Waals surface area contributed by atoms with Gasteiger partial charge < -0.3 is 0 Å². The van der Waals surface area contributed by atoms with Crippen molar-refractivity contribution in [3.8, 4) is 0 Å². The first-order valence-corrected chi connectivity index (χ1v) is 4.13. The molecule has 1 heterocycles. The fourth-order valence-electron chi connectivity index (χ4n) is 1.23. The number of thiol groups is 1. The van der Waals surface area contributed by atoms with Crippen molar-refractivity contribution in [3.05, 3.63) is 0 Å². The third-order valence-electron chi connectivity index (χ3n) is 2.06. The molecule has 1 atom stereocenters. The van der Waals surface area contributed by atoms with Gasteiger partial charge in [-0.05, 0) is 12.3 Å². The molecule has 1 aliphatic heterocycles. The van der Waals surface area contributed by atoms with Gasteiger partial charge in [-0.15, -0.1) is 0 Å². The molecule has 0 bridgehead atoms. The zero-order chi connectivity index (χ0) is 7.56. The summed E-state index contributed by atoms with van der Waals surface area (Å²) in [6.45, 7) is 2.99. The summed E-state index contributed by atoms with van der Waals surface area (Å²) in [4.78, 5) is 10.9. The number of hydrogen-bond acceptors (Lipinski definition) is 2. The van der Waals surface area contributed by atoms with E-state index in [0.717, 1.165) is 19.4 Å². The van der Waals surface area contributed by atoms with Crippen molar-refractivity contribution in [2.45, 2.75) is 26.2 Å². The lowest BCUT2D eigenvalue weighted by Gasteiger charge is -2.27. The highest BCUT2D eigenvalue weighted by atomic mass is 32.1. The Hall–Kier alpha value is -0.180. The SMILES string of the molecule is CCC1CCC(=O)N(S)C1. The van der Waals surface area contributed by atoms with Gasteiger partial charge in [0.1, 0.15) is 0 Å². The highest BCUT2D eigenvalue weighted by Gasteiger charge is 2.21. The number of piperidine rings is 1. The van der Waals surface area contributed by atoms with Crippen molar-refractivity contribution in [2.75, 3.05) is 6.54 Å². The molecule has 0 radical (unpaired) electrons. The fraction of sp³-hybridized carbons (Fsp3) is 0.857. The van der Waals surface area contributed by atoms with E-state index in [1.54, 1.807) is 0 Å². The van der Waals surface area contributed by atoms with Crippen LogP contribution >= 0.6 is 12.8 Å². The topological polar surface area (TPSA) is 20.3 Å². The first-order chi connectivity index (χ1) is 4.74. The molecule has 1 amide bonds. The second kappa shape index (κ2) is 3.28. The van der Waals surface area contributed by atoms with Crippen LogP contribution < -0.4 is 0 Å². The maximum Gasteiger partial charge on any atom is 0.232 e. The van der Waals surface area contributed by atoms with Gasteiger partial charge in [-0.3, -0.25) is 9.10 Å². The molecule has 1 saturated heterocycles. The van der Waals surface area contributed by atoms with Crippen LogP contribution in [0.25, 0.3) is 0 Å². The average Bonchev–Trinajstić information content (AvgIpc) is 1.95. The summed E-state index contributed by atoms with van der Waals surface area (Å²) in [5.41, 5.74) is 0. The highest BCUT2D eigenvalue weighted by Crippen LogP contribution is 2.20. The first kappa shape index (κ1) is 7.92. The van der Waals surface area contributed by atoms with Crippen molar-refractivity contribution < 1.29 is 4.79 Å². The first-order valence-electron chi connectivity index (χ1n) is 3.73. The standard InChI is InChI=1S/C7H13NOS/c1-2-6-3-4-7(9)8(10)5-6/h6,10H,2-5H2,1H3. The third-order valence-corrected chi connectivity index (χ3v) is 2.45. The minimum absolute atomic E-state index is 0.174. The lowest BCUT2D eigenvalue weighted by molar-refractivity contribution is -0.128. The predicted octanol–water partition coefficient (Wildman–Crippen LogP) is 1.48. The van der Waals surface area contributed by atoms with Gasteiger partial charge in [0.2, 0.25) is 5.91 Å². The Morgan fingerprint density at radius 3 is 3.00 bits per heavy atom. The van der Waals surface area contributed by atoms with Gasteiger partial charge in [0.25, 0.3) is 0 Å². The van der Waals surface area contributed by atoms with Crippen LogP contribution in [0.5, 0.6) is 0 Å². The Bertz CT molecular complexity index is 138. The van der Waals surface area contributed by atoms with Crippen molar-refractivity contribution in [1.29, 1.82) is 0 Å². The molecule has 10 heavy (non-hydrogen) atoms. The van der Waals surface area contributed by atoms with Crippen LogP contribution in [-0.4, -0.2) is 16.8 Å². The molecule has 1 fully saturated rings. The lowest BCUT2D eigenvalue weighted by atomic mass is 9.97. The van der Waals surface area contributed by atoms with Crippen molar-refractivity contribution in [3.63, 3.8) is 0 Å². The Labute approximate surface area is 67.1 Å². The number of nitrogens with zero attached hydrogens (tertiary/aromatic N) is 1. The minimum Gasteiger partial charge on any atom is -0.289 e. The summed E-state index contributed by atoms with van der Waals surface area (Å²) in [7, 11) is 0. The molecule has 0 aromatic rings. The van der Waals surface area contributed by atoms with Crippen LogP contribution in [0, 0.1) is 5.92 Å². The second-order valence-electron chi connectivity index (χ2n) is 2.79. The van der Waals surface area contributed by atoms with Crippen LogP contribution in [0.3, 0.4) is 0 Å². The molecule has 0 aromatic heterocycles. The summed E-state index contributed by atoms with van der Waals surface area (Å²) in [6, 6.07) is 0. The van der Waals surface area contributed by atoms with Gasteiger partial charge in [0.05, 0.1) is 0 Å². The Morgan fingerprint density at radius 2 is 2.50 bits per heavy atom. The molecule has 1 unspecified atom stereocenters. The molecule has 2 nitrogen and oxygen atoms in total. The largest absolute Gasteiger partial charge is 0.289 e. The van der Waals surface area contributed by atoms with Crippen LogP contribution in [0.1, 0.15) is 26.2 Å². The molecule has 1 aliphatic rings. The third kappa shape index (κ3) is 1.66. The Morgan fingerprint density at radius 1 is 1.80 bits per heavy atom. The second-order valence-corrected chi connectivity index (χ2v) is 3.27. The average molecular weight is 159 g/mol. The molecule has 58 valence electrons. The predicted molar refractivity (Wildman–Crippen MR) is 43.7 cm³/mol. The molecule has 0 N–H and O–H groups in total. The van der Waals surface area contributed by atoms with E-state index in [4.69, 9.17) is 0 Å². The van der Waals surface area contributed by atoms with Gasteiger partial charge >= 0.3 is 0 Å². The summed E-state index contributed by atoms with van der Waals surface area (Å²) in [6.07, 6.45) is 2.89. The summed E-state index contributed by atoms with van der Waals surface area (Å²) < 4.78 is 1.54. The van der Waals surface area contributed by atoms with Crippen molar-refractivity contribution in [1.82, 2.24) is 4.31 Å². The van der Waals surface area contributed by atoms with Crippen LogP contribution in [0.2, 0.25) is 0 Å². The summed E-state index contributed by atoms with van der Waals surface area (Å²) in [5.74, 6) is 0.850. The smallest absolute Gasteiger partial charge is 0.232 e. The van der Waals surface area contributed by atoms with Gasteiger partial charge in [-0.2, -0.15) is 0 Å². The molecule has 0 aliphatic carbocycles. The van der Waals surface area contributed by atoms with Crippen LogP contribution in [0.4, 0.5) is 0 Å². The minimum atomic E-state index is 0.174. The zero-order valence-corrected chi connectivity index (χ0v) is 7.10. The number of hydrogen-bond donors (Lipinski definition) is 1. The van der Waals surface area contributed by atoms with Gasteiger partial charge in [-0.1, -0.05) is 26.2 Å². The van der Waals surface area contributed by atoms with E-state index in [-0.39, 0.29) is 5.91 Å². The zero-order valence-electron chi connectivity index (χ0n) is 6.21. The summed E-state index contributed by atoms with van der Waals surface area (Å²) in [5, 5.41) is 0. The number of carbonyl (C=O) groups is 1. The van der Waals surface area contributed by atoms with E-state index in [2.05, 4.69) is 19.7 Å². The number of amides is 1. The molecule has 3 heteroatoms. The normalized spacial score (nSPS) is 27.2. The van der Waals surface area contributed by atoms with E-state index in [9.17, 15) is 4.79 Å². The molecule has 1 rings (SSSR count). The highest BCUT2D eigenvalue weighted by molar-refractivity contribution is 7.78. The number of carbonyl (C=O) groups excluding carboxylic acids is 1. The number of rotatable bonds is 1. The van der Waals surface area contributed by atoms with Gasteiger partial charge in [0, 0.05) is 13.0 Å². The molecular formula is C7H13NOS. The Balaban J connectivity index is 2.40. The molecular weight excluding hydrogens is 146 g/mol. The maximum atomic E-state index is 10.9. The van der Waals surface area contributed by atoms with Crippen LogP contribution in [-0.2, 0) is 4.79 Å². The fourth-order valence-corrected chi connectivity index (χ4v) is 1.56. The lowest BCUT2D eigenvalue weighted by Crippen LogP contribution is -2.32. The van der Waals surface area contributed by atoms with Crippen LogP contribution in [0.15, 0.2) is 0 Å². The van der Waals surface area contributed by atoms with Gasteiger partial charge in [-0.25, -0.2) is 0 Å². The van der Waals surface area contributed by atoms with E-state index >= 15 is 0 Å². The quantitative estimate of drug-likeness (QED) is 0.575. The maximum absolute atomic E-state index is 10.9. The monoisotopic (exact) mass is 159 g/mol. The summed E-state index contributed by atoms with van der Waals surface area (Å²) >= 11 is 4.05. The van der Waals surface area contributed by atoms with E-state index in [1.165, 1.54) is 4.31 Å². The van der Waals surface area contributed by atoms with E-state index in [0.29, 0.717) is 12.3 Å². The molecule has 0 aromatic carbocycles. The van der Waals surface area contributed by atoms with Crippen molar-refractivity contribution >= 4 is 18.7 Å². The Kier molecular flexibility index (Phi) is 2.60. The van der Waals surface area contributed by atoms with E-state index < -0.39 is 0 Å². The molecule has 0 saturated carbocycles.